The minimum atomic E-state index is -0.485. The van der Waals surface area contributed by atoms with E-state index in [1.165, 1.54) is 36.4 Å². The van der Waals surface area contributed by atoms with Gasteiger partial charge in [-0.2, -0.15) is 12.6 Å². The smallest absolute Gasteiger partial charge is 0.410 e. The first kappa shape index (κ1) is 57.8. The maximum absolute atomic E-state index is 13.4. The van der Waals surface area contributed by atoms with E-state index in [-0.39, 0.29) is 45.1 Å². The van der Waals surface area contributed by atoms with Gasteiger partial charge in [-0.1, -0.05) is 86.2 Å². The van der Waals surface area contributed by atoms with Gasteiger partial charge in [-0.3, -0.25) is 9.59 Å². The van der Waals surface area contributed by atoms with Crippen LogP contribution in [0.4, 0.5) is 35.9 Å². The van der Waals surface area contributed by atoms with E-state index in [1.54, 1.807) is 17.0 Å². The van der Waals surface area contributed by atoms with Crippen LogP contribution in [-0.4, -0.2) is 83.7 Å². The highest BCUT2D eigenvalue weighted by molar-refractivity contribution is 9.09. The van der Waals surface area contributed by atoms with E-state index in [4.69, 9.17) is 19.9 Å². The molecule has 0 atom stereocenters. The van der Waals surface area contributed by atoms with Gasteiger partial charge in [-0.15, -0.1) is 0 Å². The molecule has 0 saturated carbocycles. The molecular weight excluding hydrogens is 939 g/mol. The lowest BCUT2D eigenvalue weighted by molar-refractivity contribution is 0.0237. The Hall–Kier alpha value is -5.23. The van der Waals surface area contributed by atoms with Crippen molar-refractivity contribution in [1.82, 2.24) is 15.2 Å². The van der Waals surface area contributed by atoms with Gasteiger partial charge in [-0.05, 0) is 107 Å². The fourth-order valence-electron chi connectivity index (χ4n) is 4.96. The summed E-state index contributed by atoms with van der Waals surface area (Å²) in [5.41, 5.74) is 7.83. The number of nitrogens with one attached hydrogen (secondary N) is 3. The van der Waals surface area contributed by atoms with E-state index >= 15 is 0 Å². The number of nitrogens with zero attached hydrogens (tertiary/aromatic N) is 2. The minimum absolute atomic E-state index is 0.107. The van der Waals surface area contributed by atoms with Crippen LogP contribution < -0.4 is 31.2 Å². The highest BCUT2D eigenvalue weighted by Crippen LogP contribution is 2.30. The summed E-state index contributed by atoms with van der Waals surface area (Å²) in [7, 11) is 0. The molecule has 12 nitrogen and oxygen atoms in total. The molecule has 356 valence electrons. The summed E-state index contributed by atoms with van der Waals surface area (Å²) in [6, 6.07) is 26.2. The quantitative estimate of drug-likeness (QED) is 0.0187. The summed E-state index contributed by atoms with van der Waals surface area (Å²) < 4.78 is 42.5. The Kier molecular flexibility index (Phi) is 28.8. The molecule has 0 spiro atoms. The minimum Gasteiger partial charge on any atom is -0.492 e. The van der Waals surface area contributed by atoms with Gasteiger partial charge < -0.3 is 40.8 Å². The van der Waals surface area contributed by atoms with E-state index in [2.05, 4.69) is 49.5 Å². The highest BCUT2D eigenvalue weighted by atomic mass is 79.9. The number of nitrogen functional groups attached to an aromatic ring is 1. The zero-order valence-corrected chi connectivity index (χ0v) is 42.1. The van der Waals surface area contributed by atoms with Crippen molar-refractivity contribution in [3.63, 3.8) is 0 Å². The lowest BCUT2D eigenvalue weighted by Crippen LogP contribution is -2.38. The highest BCUT2D eigenvalue weighted by Gasteiger charge is 2.21. The fourth-order valence-corrected chi connectivity index (χ4v) is 6.34. The zero-order valence-electron chi connectivity index (χ0n) is 38.8. The number of nitrogens with two attached hydrogens (primary N) is 1. The number of carbonyl (C=O) groups is 3. The zero-order chi connectivity index (χ0) is 48.8. The van der Waals surface area contributed by atoms with E-state index < -0.39 is 11.4 Å². The second-order valence-corrected chi connectivity index (χ2v) is 15.6. The molecule has 17 heteroatoms. The Balaban J connectivity index is 0.000000506. The Morgan fingerprint density at radius 3 is 1.86 bits per heavy atom. The number of thiazole rings is 1. The molecule has 5 aromatic rings. The molecule has 0 radical (unpaired) electrons. The molecule has 0 fully saturated rings. The van der Waals surface area contributed by atoms with Gasteiger partial charge in [0.25, 0.3) is 0 Å². The number of anilines is 4. The van der Waals surface area contributed by atoms with Crippen LogP contribution in [0.2, 0.25) is 0 Å². The molecule has 0 aliphatic carbocycles. The SMILES string of the molecule is CC.CC.CCN(CCOc1ccc(NCS)cc1)C(=O)OC(C)(C)C.CCNCCOc1ccc(Nc2nc(N)c(C(=O)c3cccc(F)c3)s2)cc1.O=C(CBr)c1cccc(F)c1. The molecule has 1 amide bonds. The third-order valence-electron chi connectivity index (χ3n) is 7.92. The topological polar surface area (TPSA) is 157 Å². The summed E-state index contributed by atoms with van der Waals surface area (Å²) >= 11 is 8.24. The van der Waals surface area contributed by atoms with Gasteiger partial charge in [0.1, 0.15) is 52.6 Å². The molecule has 0 bridgehead atoms. The summed E-state index contributed by atoms with van der Waals surface area (Å²) in [6.07, 6.45) is -0.313. The van der Waals surface area contributed by atoms with E-state index in [0.29, 0.717) is 42.9 Å². The standard InChI is InChI=1S/C20H21FN4O2S.C16H26N2O3S.C8H6BrFO.2C2H6/c1-2-23-10-11-27-16-8-6-15(7-9-16)24-20-25-19(22)18(28-20)17(26)13-4-3-5-14(21)12-13;1-5-18(15(19)21-16(2,3)4)10-11-20-14-8-6-13(7-9-14)17-12-22;9-5-8(11)6-2-1-3-7(10)4-6;2*1-2/h3-9,12,23H,2,10-11,22H2,1H3,(H,24,25);6-9,17,22H,5,10-12H2,1-4H3;1-4H,5H2;2*1-2H3. The van der Waals surface area contributed by atoms with Gasteiger partial charge in [0.05, 0.1) is 17.8 Å². The predicted octanol–water partition coefficient (Wildman–Crippen LogP) is 11.9. The predicted molar refractivity (Wildman–Crippen MR) is 270 cm³/mol. The Bertz CT molecular complexity index is 2120. The number of likely N-dealkylation sites (N-methyl/N-ethyl adjacent to an activating group) is 2. The van der Waals surface area contributed by atoms with E-state index in [9.17, 15) is 23.2 Å². The lowest BCUT2D eigenvalue weighted by atomic mass is 10.1. The number of alkyl halides is 1. The van der Waals surface area contributed by atoms with E-state index in [0.717, 1.165) is 47.3 Å². The van der Waals surface area contributed by atoms with Crippen molar-refractivity contribution < 1.29 is 37.4 Å². The number of amides is 1. The average Bonchev–Trinajstić information content (AvgIpc) is 3.67. The van der Waals surface area contributed by atoms with Crippen LogP contribution in [0.3, 0.4) is 0 Å². The number of benzene rings is 4. The number of ether oxygens (including phenoxy) is 3. The summed E-state index contributed by atoms with van der Waals surface area (Å²) in [4.78, 5) is 41.6. The van der Waals surface area contributed by atoms with Crippen molar-refractivity contribution in [1.29, 1.82) is 0 Å². The molecule has 5 N–H and O–H groups in total. The van der Waals surface area contributed by atoms with Crippen molar-refractivity contribution in [3.8, 4) is 11.5 Å². The normalized spacial score (nSPS) is 10.1. The number of halogens is 3. The maximum Gasteiger partial charge on any atom is 0.410 e. The molecule has 0 aliphatic rings. The first-order valence-electron chi connectivity index (χ1n) is 21.3. The third-order valence-corrected chi connectivity index (χ3v) is 9.57. The summed E-state index contributed by atoms with van der Waals surface area (Å²) in [6.45, 7) is 21.3. The van der Waals surface area contributed by atoms with Crippen LogP contribution in [0.15, 0.2) is 97.1 Å². The molecule has 0 unspecified atom stereocenters. The van der Waals surface area contributed by atoms with Crippen LogP contribution >= 0.6 is 39.9 Å². The Morgan fingerprint density at radius 1 is 0.815 bits per heavy atom. The van der Waals surface area contributed by atoms with Crippen molar-refractivity contribution in [2.75, 3.05) is 67.0 Å². The molecule has 0 saturated heterocycles. The second kappa shape index (κ2) is 32.4. The van der Waals surface area contributed by atoms with Crippen LogP contribution in [0.25, 0.3) is 0 Å². The monoisotopic (exact) mass is 1000 g/mol. The third kappa shape index (κ3) is 23.0. The largest absolute Gasteiger partial charge is 0.492 e. The van der Waals surface area contributed by atoms with Crippen LogP contribution in [-0.2, 0) is 4.74 Å². The average molecular weight is 1000 g/mol. The number of carbonyl (C=O) groups excluding carboxylic acids is 3. The Labute approximate surface area is 401 Å². The molecule has 4 aromatic carbocycles. The summed E-state index contributed by atoms with van der Waals surface area (Å²) in [5, 5.41) is 10.1. The number of hydrogen-bond acceptors (Lipinski definition) is 13. The van der Waals surface area contributed by atoms with Crippen LogP contribution in [0.5, 0.6) is 11.5 Å². The fraction of sp³-hybridized carbons (Fsp3) is 0.375. The van der Waals surface area contributed by atoms with Gasteiger partial charge in [0.15, 0.2) is 10.9 Å². The first-order chi connectivity index (χ1) is 31.2. The lowest BCUT2D eigenvalue weighted by Gasteiger charge is -2.26. The Morgan fingerprint density at radius 2 is 1.35 bits per heavy atom. The number of aromatic nitrogens is 1. The van der Waals surface area contributed by atoms with Gasteiger partial charge in [0.2, 0.25) is 5.78 Å². The molecule has 1 aromatic heterocycles. The number of Topliss-reactive ketones (excluding diaryl/α,β-unsaturated/α-hetero) is 1. The number of ketones is 2. The second-order valence-electron chi connectivity index (χ2n) is 13.8. The number of rotatable bonds is 18. The molecule has 65 heavy (non-hydrogen) atoms. The maximum atomic E-state index is 13.4. The van der Waals surface area contributed by atoms with Crippen LogP contribution in [0, 0.1) is 11.6 Å². The molecule has 1 heterocycles. The van der Waals surface area contributed by atoms with Gasteiger partial charge in [0, 0.05) is 35.6 Å². The summed E-state index contributed by atoms with van der Waals surface area (Å²) in [5.74, 6) is 0.925. The van der Waals surface area contributed by atoms with Crippen LogP contribution in [0.1, 0.15) is 87.9 Å². The van der Waals surface area contributed by atoms with Crippen molar-refractivity contribution in [2.45, 2.75) is 67.9 Å². The van der Waals surface area contributed by atoms with Gasteiger partial charge in [-0.25, -0.2) is 18.6 Å². The van der Waals surface area contributed by atoms with Crippen molar-refractivity contribution in [2.24, 2.45) is 0 Å². The molecule has 5 rings (SSSR count). The number of hydrogen-bond donors (Lipinski definition) is 5. The van der Waals surface area contributed by atoms with Gasteiger partial charge >= 0.3 is 6.09 Å². The van der Waals surface area contributed by atoms with E-state index in [1.807, 2.05) is 111 Å². The van der Waals surface area contributed by atoms with Crippen molar-refractivity contribution >= 4 is 79.9 Å². The van der Waals surface area contributed by atoms with Crippen molar-refractivity contribution in [3.05, 3.63) is 125 Å². The number of thiol groups is 1. The molecular formula is C48H65BrF2N6O6S2. The first-order valence-corrected chi connectivity index (χ1v) is 23.9. The molecule has 0 aliphatic heterocycles.